The molecule has 0 atom stereocenters. The number of nitrogens with zero attached hydrogens (tertiary/aromatic N) is 1. The Kier molecular flexibility index (Phi) is 4.99. The molecule has 0 aliphatic heterocycles. The predicted octanol–water partition coefficient (Wildman–Crippen LogP) is 4.67. The fourth-order valence-electron chi connectivity index (χ4n) is 2.93. The standard InChI is InChI=1S/C21H18N2O4S/c1-25-18-8-7-13(9-19(18)26-2)20-23-14(12-28-20)11-27-21(24)16-10-22-17-6-4-3-5-15(16)17/h3-10,12,22H,11H2,1-2H3. The fraction of sp³-hybridized carbons (Fsp3) is 0.143. The zero-order chi connectivity index (χ0) is 19.5. The largest absolute Gasteiger partial charge is 0.493 e. The van der Waals surface area contributed by atoms with Gasteiger partial charge in [-0.05, 0) is 24.3 Å². The van der Waals surface area contributed by atoms with Gasteiger partial charge in [0.15, 0.2) is 11.5 Å². The molecule has 6 nitrogen and oxygen atoms in total. The summed E-state index contributed by atoms with van der Waals surface area (Å²) in [5, 5.41) is 3.55. The number of thiazole rings is 1. The Hall–Kier alpha value is -3.32. The van der Waals surface area contributed by atoms with Crippen LogP contribution in [0.4, 0.5) is 0 Å². The van der Waals surface area contributed by atoms with Crippen molar-refractivity contribution in [2.45, 2.75) is 6.61 Å². The van der Waals surface area contributed by atoms with Crippen molar-refractivity contribution in [3.63, 3.8) is 0 Å². The fourth-order valence-corrected chi connectivity index (χ4v) is 3.73. The number of hydrogen-bond acceptors (Lipinski definition) is 6. The maximum atomic E-state index is 12.4. The van der Waals surface area contributed by atoms with Crippen molar-refractivity contribution in [2.75, 3.05) is 14.2 Å². The Labute approximate surface area is 165 Å². The second-order valence-corrected chi connectivity index (χ2v) is 6.90. The van der Waals surface area contributed by atoms with Crippen molar-refractivity contribution < 1.29 is 19.0 Å². The third-order valence-corrected chi connectivity index (χ3v) is 5.28. The van der Waals surface area contributed by atoms with Crippen LogP contribution in [0.5, 0.6) is 11.5 Å². The van der Waals surface area contributed by atoms with E-state index in [0.717, 1.165) is 21.5 Å². The molecule has 0 fully saturated rings. The van der Waals surface area contributed by atoms with Crippen LogP contribution in [-0.4, -0.2) is 30.2 Å². The molecule has 4 aromatic rings. The van der Waals surface area contributed by atoms with Gasteiger partial charge in [-0.1, -0.05) is 18.2 Å². The first-order chi connectivity index (χ1) is 13.7. The van der Waals surface area contributed by atoms with E-state index >= 15 is 0 Å². The van der Waals surface area contributed by atoms with Gasteiger partial charge in [0.1, 0.15) is 11.6 Å². The first-order valence-electron chi connectivity index (χ1n) is 8.59. The van der Waals surface area contributed by atoms with E-state index in [1.807, 2.05) is 47.8 Å². The quantitative estimate of drug-likeness (QED) is 0.481. The minimum Gasteiger partial charge on any atom is -0.493 e. The monoisotopic (exact) mass is 394 g/mol. The lowest BCUT2D eigenvalue weighted by molar-refractivity contribution is 0.0471. The highest BCUT2D eigenvalue weighted by Crippen LogP contribution is 2.33. The molecule has 0 unspecified atom stereocenters. The average molecular weight is 394 g/mol. The number of aromatic nitrogens is 2. The van der Waals surface area contributed by atoms with Crippen LogP contribution in [0.15, 0.2) is 54.0 Å². The molecule has 0 saturated heterocycles. The summed E-state index contributed by atoms with van der Waals surface area (Å²) in [6, 6.07) is 13.2. The number of nitrogens with one attached hydrogen (secondary N) is 1. The topological polar surface area (TPSA) is 73.4 Å². The Bertz CT molecular complexity index is 1130. The van der Waals surface area contributed by atoms with Gasteiger partial charge in [0.25, 0.3) is 0 Å². The molecule has 2 aromatic heterocycles. The maximum absolute atomic E-state index is 12.4. The number of para-hydroxylation sites is 1. The summed E-state index contributed by atoms with van der Waals surface area (Å²) in [7, 11) is 3.19. The number of H-pyrrole nitrogens is 1. The number of esters is 1. The normalized spacial score (nSPS) is 10.8. The summed E-state index contributed by atoms with van der Waals surface area (Å²) >= 11 is 1.48. The minimum absolute atomic E-state index is 0.113. The van der Waals surface area contributed by atoms with Crippen LogP contribution in [0.3, 0.4) is 0 Å². The number of ether oxygens (including phenoxy) is 3. The molecule has 28 heavy (non-hydrogen) atoms. The highest BCUT2D eigenvalue weighted by atomic mass is 32.1. The van der Waals surface area contributed by atoms with E-state index in [-0.39, 0.29) is 12.6 Å². The molecule has 0 bridgehead atoms. The molecule has 0 amide bonds. The van der Waals surface area contributed by atoms with Crippen molar-refractivity contribution in [3.05, 3.63) is 65.3 Å². The van der Waals surface area contributed by atoms with Gasteiger partial charge in [-0.25, -0.2) is 9.78 Å². The van der Waals surface area contributed by atoms with Gasteiger partial charge in [-0.15, -0.1) is 11.3 Å². The number of rotatable bonds is 6. The number of benzene rings is 2. The summed E-state index contributed by atoms with van der Waals surface area (Å²) in [6.45, 7) is 0.113. The molecule has 4 rings (SSSR count). The molecule has 0 saturated carbocycles. The number of carbonyl (C=O) groups excluding carboxylic acids is 1. The average Bonchev–Trinajstić information content (AvgIpc) is 3.38. The van der Waals surface area contributed by atoms with E-state index in [4.69, 9.17) is 14.2 Å². The highest BCUT2D eigenvalue weighted by molar-refractivity contribution is 7.13. The predicted molar refractivity (Wildman–Crippen MR) is 108 cm³/mol. The number of hydrogen-bond donors (Lipinski definition) is 1. The molecular formula is C21H18N2O4S. The van der Waals surface area contributed by atoms with Crippen LogP contribution in [0.2, 0.25) is 0 Å². The molecule has 1 N–H and O–H groups in total. The molecule has 2 heterocycles. The first kappa shape index (κ1) is 18.1. The lowest BCUT2D eigenvalue weighted by atomic mass is 10.2. The van der Waals surface area contributed by atoms with Crippen molar-refractivity contribution >= 4 is 28.2 Å². The van der Waals surface area contributed by atoms with Crippen molar-refractivity contribution in [1.82, 2.24) is 9.97 Å². The van der Waals surface area contributed by atoms with Gasteiger partial charge < -0.3 is 19.2 Å². The van der Waals surface area contributed by atoms with Crippen LogP contribution in [-0.2, 0) is 11.3 Å². The number of carbonyl (C=O) groups is 1. The summed E-state index contributed by atoms with van der Waals surface area (Å²) in [6.07, 6.45) is 1.67. The van der Waals surface area contributed by atoms with Crippen molar-refractivity contribution in [3.8, 4) is 22.1 Å². The Morgan fingerprint density at radius 3 is 2.75 bits per heavy atom. The first-order valence-corrected chi connectivity index (χ1v) is 9.47. The smallest absolute Gasteiger partial charge is 0.340 e. The highest BCUT2D eigenvalue weighted by Gasteiger charge is 2.15. The van der Waals surface area contributed by atoms with E-state index in [9.17, 15) is 4.79 Å². The zero-order valence-electron chi connectivity index (χ0n) is 15.4. The van der Waals surface area contributed by atoms with E-state index in [2.05, 4.69) is 9.97 Å². The van der Waals surface area contributed by atoms with Crippen LogP contribution in [0, 0.1) is 0 Å². The van der Waals surface area contributed by atoms with Crippen LogP contribution in [0.25, 0.3) is 21.5 Å². The van der Waals surface area contributed by atoms with Gasteiger partial charge in [0, 0.05) is 28.0 Å². The molecule has 7 heteroatoms. The van der Waals surface area contributed by atoms with Crippen LogP contribution < -0.4 is 9.47 Å². The Balaban J connectivity index is 1.47. The SMILES string of the molecule is COc1ccc(-c2nc(COC(=O)c3c[nH]c4ccccc34)cs2)cc1OC. The summed E-state index contributed by atoms with van der Waals surface area (Å²) in [4.78, 5) is 20.1. The van der Waals surface area contributed by atoms with Gasteiger partial charge in [0.05, 0.1) is 25.5 Å². The van der Waals surface area contributed by atoms with Crippen molar-refractivity contribution in [1.29, 1.82) is 0 Å². The minimum atomic E-state index is -0.377. The van der Waals surface area contributed by atoms with Crippen molar-refractivity contribution in [2.24, 2.45) is 0 Å². The lowest BCUT2D eigenvalue weighted by Crippen LogP contribution is -2.04. The second kappa shape index (κ2) is 7.74. The van der Waals surface area contributed by atoms with Crippen LogP contribution >= 0.6 is 11.3 Å². The summed E-state index contributed by atoms with van der Waals surface area (Å²) < 4.78 is 16.1. The summed E-state index contributed by atoms with van der Waals surface area (Å²) in [5.41, 5.74) is 3.03. The lowest BCUT2D eigenvalue weighted by Gasteiger charge is -2.08. The number of aromatic amines is 1. The molecule has 0 spiro atoms. The molecule has 142 valence electrons. The third-order valence-electron chi connectivity index (χ3n) is 4.34. The van der Waals surface area contributed by atoms with E-state index in [1.54, 1.807) is 20.4 Å². The maximum Gasteiger partial charge on any atom is 0.340 e. The molecule has 0 radical (unpaired) electrons. The van der Waals surface area contributed by atoms with Gasteiger partial charge >= 0.3 is 5.97 Å². The second-order valence-electron chi connectivity index (χ2n) is 6.04. The number of methoxy groups -OCH3 is 2. The molecule has 0 aliphatic rings. The molecular weight excluding hydrogens is 376 g/mol. The summed E-state index contributed by atoms with van der Waals surface area (Å²) in [5.74, 6) is 0.927. The third kappa shape index (κ3) is 3.44. The van der Waals surface area contributed by atoms with Crippen LogP contribution in [0.1, 0.15) is 16.1 Å². The Morgan fingerprint density at radius 1 is 1.11 bits per heavy atom. The van der Waals surface area contributed by atoms with E-state index in [1.165, 1.54) is 11.3 Å². The van der Waals surface area contributed by atoms with Gasteiger partial charge in [-0.3, -0.25) is 0 Å². The molecule has 0 aliphatic carbocycles. The van der Waals surface area contributed by atoms with Gasteiger partial charge in [-0.2, -0.15) is 0 Å². The van der Waals surface area contributed by atoms with E-state index < -0.39 is 0 Å². The van der Waals surface area contributed by atoms with Gasteiger partial charge in [0.2, 0.25) is 0 Å². The molecule has 2 aromatic carbocycles. The number of fused-ring (bicyclic) bond motifs is 1. The zero-order valence-corrected chi connectivity index (χ0v) is 16.2. The van der Waals surface area contributed by atoms with E-state index in [0.29, 0.717) is 22.8 Å². The Morgan fingerprint density at radius 2 is 1.93 bits per heavy atom.